The molecule has 224 valence electrons. The molecule has 0 bridgehead atoms. The fraction of sp³-hybridized carbons (Fsp3) is 0.467. The summed E-state index contributed by atoms with van der Waals surface area (Å²) >= 11 is 0. The number of hydrogen-bond acceptors (Lipinski definition) is 6. The van der Waals surface area contributed by atoms with Gasteiger partial charge in [0.25, 0.3) is 0 Å². The molecule has 0 fully saturated rings. The van der Waals surface area contributed by atoms with Crippen molar-refractivity contribution in [1.29, 1.82) is 5.41 Å². The number of ketones is 1. The second-order valence-corrected chi connectivity index (χ2v) is 12.1. The summed E-state index contributed by atoms with van der Waals surface area (Å²) in [7, 11) is -3.70. The van der Waals surface area contributed by atoms with E-state index in [1.807, 2.05) is 0 Å². The standard InChI is InChI=1S/C30H44N6O4S/c31-28(32)12-5-3-1-2-4-10-25(37)11-8-9-23-14-18-26(19-15-23)41(39,40)27-20-16-24(17-21-27)36-29(38)13-6-7-22-35-30(33)34/h14-21H,1-13,22H2,(H3,31,32)(H,36,38)(H4,33,34,35). The van der Waals surface area contributed by atoms with Crippen molar-refractivity contribution < 1.29 is 18.0 Å². The third-order valence-corrected chi connectivity index (χ3v) is 8.40. The molecule has 0 spiro atoms. The monoisotopic (exact) mass is 584 g/mol. The maximum absolute atomic E-state index is 13.1. The van der Waals surface area contributed by atoms with Gasteiger partial charge in [-0.25, -0.2) is 8.42 Å². The quantitative estimate of drug-likeness (QED) is 0.0860. The largest absolute Gasteiger partial charge is 0.388 e. The zero-order chi connectivity index (χ0) is 30.1. The van der Waals surface area contributed by atoms with Gasteiger partial charge >= 0.3 is 0 Å². The SMILES string of the molecule is N=C(N)CCCCCCCC(=O)CCCc1ccc(S(=O)(=O)c2ccc(NC(=O)CCCCN=C(N)N)cc2)cc1. The van der Waals surface area contributed by atoms with Crippen LogP contribution in [0.15, 0.2) is 63.3 Å². The molecule has 0 aliphatic heterocycles. The molecular weight excluding hydrogens is 540 g/mol. The molecule has 2 aromatic rings. The number of anilines is 1. The van der Waals surface area contributed by atoms with E-state index in [-0.39, 0.29) is 33.3 Å². The van der Waals surface area contributed by atoms with Crippen LogP contribution < -0.4 is 22.5 Å². The van der Waals surface area contributed by atoms with Gasteiger partial charge in [0.05, 0.1) is 15.6 Å². The van der Waals surface area contributed by atoms with Crippen LogP contribution in [0.5, 0.6) is 0 Å². The van der Waals surface area contributed by atoms with Gasteiger partial charge in [-0.3, -0.25) is 20.0 Å². The van der Waals surface area contributed by atoms with E-state index in [4.69, 9.17) is 22.6 Å². The van der Waals surface area contributed by atoms with E-state index in [9.17, 15) is 18.0 Å². The summed E-state index contributed by atoms with van der Waals surface area (Å²) in [6.45, 7) is 0.467. The van der Waals surface area contributed by atoms with Crippen molar-refractivity contribution in [2.75, 3.05) is 11.9 Å². The number of carbonyl (C=O) groups is 2. The van der Waals surface area contributed by atoms with Crippen LogP contribution >= 0.6 is 0 Å². The lowest BCUT2D eigenvalue weighted by atomic mass is 10.0. The Balaban J connectivity index is 1.74. The molecule has 10 nitrogen and oxygen atoms in total. The smallest absolute Gasteiger partial charge is 0.224 e. The van der Waals surface area contributed by atoms with Gasteiger partial charge in [-0.2, -0.15) is 0 Å². The Hall–Kier alpha value is -3.73. The molecule has 0 aliphatic rings. The highest BCUT2D eigenvalue weighted by Gasteiger charge is 2.17. The Kier molecular flexibility index (Phi) is 14.6. The van der Waals surface area contributed by atoms with Gasteiger partial charge in [-0.05, 0) is 80.5 Å². The third-order valence-electron chi connectivity index (χ3n) is 6.61. The van der Waals surface area contributed by atoms with E-state index in [1.165, 1.54) is 12.1 Å². The summed E-state index contributed by atoms with van der Waals surface area (Å²) in [4.78, 5) is 28.5. The van der Waals surface area contributed by atoms with Gasteiger partial charge in [0.1, 0.15) is 5.78 Å². The highest BCUT2D eigenvalue weighted by atomic mass is 32.2. The summed E-state index contributed by atoms with van der Waals surface area (Å²) < 4.78 is 26.1. The van der Waals surface area contributed by atoms with Crippen molar-refractivity contribution >= 4 is 39.0 Å². The van der Waals surface area contributed by atoms with Crippen LogP contribution in [-0.4, -0.2) is 38.4 Å². The molecule has 0 saturated heterocycles. The van der Waals surface area contributed by atoms with Gasteiger partial charge in [-0.1, -0.05) is 31.4 Å². The van der Waals surface area contributed by atoms with Gasteiger partial charge in [0.15, 0.2) is 5.96 Å². The molecule has 11 heteroatoms. The number of guanidine groups is 1. The van der Waals surface area contributed by atoms with Gasteiger partial charge in [0.2, 0.25) is 15.7 Å². The summed E-state index contributed by atoms with van der Waals surface area (Å²) in [6.07, 6.45) is 9.74. The van der Waals surface area contributed by atoms with E-state index >= 15 is 0 Å². The van der Waals surface area contributed by atoms with E-state index in [0.29, 0.717) is 57.2 Å². The molecule has 0 saturated carbocycles. The van der Waals surface area contributed by atoms with Crippen molar-refractivity contribution in [3.8, 4) is 0 Å². The van der Waals surface area contributed by atoms with Crippen LogP contribution in [0.3, 0.4) is 0 Å². The molecule has 0 aromatic heterocycles. The normalized spacial score (nSPS) is 11.1. The Morgan fingerprint density at radius 3 is 1.85 bits per heavy atom. The van der Waals surface area contributed by atoms with Crippen LogP contribution in [0, 0.1) is 5.41 Å². The summed E-state index contributed by atoms with van der Waals surface area (Å²) in [6, 6.07) is 12.9. The number of benzene rings is 2. The minimum atomic E-state index is -3.70. The number of nitrogens with one attached hydrogen (secondary N) is 2. The third kappa shape index (κ3) is 13.5. The van der Waals surface area contributed by atoms with Crippen molar-refractivity contribution in [1.82, 2.24) is 0 Å². The van der Waals surface area contributed by atoms with Crippen LogP contribution in [0.4, 0.5) is 5.69 Å². The van der Waals surface area contributed by atoms with Gasteiger partial charge in [0, 0.05) is 37.9 Å². The zero-order valence-electron chi connectivity index (χ0n) is 23.7. The lowest BCUT2D eigenvalue weighted by Crippen LogP contribution is -2.23. The number of Topliss-reactive ketones (excluding diaryl/α,β-unsaturated/α-hetero) is 1. The lowest BCUT2D eigenvalue weighted by Gasteiger charge is -2.09. The molecule has 1 amide bonds. The van der Waals surface area contributed by atoms with Crippen molar-refractivity contribution in [3.63, 3.8) is 0 Å². The second-order valence-electron chi connectivity index (χ2n) is 10.2. The molecule has 0 radical (unpaired) electrons. The highest BCUT2D eigenvalue weighted by Crippen LogP contribution is 2.23. The summed E-state index contributed by atoms with van der Waals surface area (Å²) in [5.41, 5.74) is 17.4. The first-order valence-corrected chi connectivity index (χ1v) is 15.7. The minimum absolute atomic E-state index is 0.0288. The first-order chi connectivity index (χ1) is 19.6. The van der Waals surface area contributed by atoms with Crippen molar-refractivity contribution in [2.45, 2.75) is 93.3 Å². The number of sulfone groups is 1. The molecule has 8 N–H and O–H groups in total. The number of carbonyl (C=O) groups excluding carboxylic acids is 2. The van der Waals surface area contributed by atoms with E-state index in [0.717, 1.165) is 44.1 Å². The van der Waals surface area contributed by atoms with E-state index in [2.05, 4.69) is 10.3 Å². The molecule has 0 atom stereocenters. The number of rotatable bonds is 20. The number of amidine groups is 1. The molecule has 2 rings (SSSR count). The number of nitrogens with two attached hydrogens (primary N) is 3. The summed E-state index contributed by atoms with van der Waals surface area (Å²) in [5, 5.41) is 9.98. The van der Waals surface area contributed by atoms with Crippen LogP contribution in [0.2, 0.25) is 0 Å². The fourth-order valence-corrected chi connectivity index (χ4v) is 5.56. The average Bonchev–Trinajstić information content (AvgIpc) is 2.92. The highest BCUT2D eigenvalue weighted by molar-refractivity contribution is 7.91. The van der Waals surface area contributed by atoms with Crippen LogP contribution in [0.1, 0.15) is 82.6 Å². The first-order valence-electron chi connectivity index (χ1n) is 14.2. The number of aliphatic imine (C=N–C) groups is 1. The van der Waals surface area contributed by atoms with Crippen molar-refractivity contribution in [3.05, 3.63) is 54.1 Å². The maximum atomic E-state index is 13.1. The predicted octanol–water partition coefficient (Wildman–Crippen LogP) is 4.46. The number of nitrogens with zero attached hydrogens (tertiary/aromatic N) is 1. The van der Waals surface area contributed by atoms with E-state index in [1.54, 1.807) is 36.4 Å². The Morgan fingerprint density at radius 1 is 0.707 bits per heavy atom. The Bertz CT molecular complexity index is 1250. The van der Waals surface area contributed by atoms with Crippen molar-refractivity contribution in [2.24, 2.45) is 22.2 Å². The maximum Gasteiger partial charge on any atom is 0.224 e. The Labute approximate surface area is 243 Å². The van der Waals surface area contributed by atoms with Crippen LogP contribution in [-0.2, 0) is 25.8 Å². The van der Waals surface area contributed by atoms with Gasteiger partial charge in [-0.15, -0.1) is 0 Å². The molecule has 0 heterocycles. The number of hydrogen-bond donors (Lipinski definition) is 5. The Morgan fingerprint density at radius 2 is 1.24 bits per heavy atom. The van der Waals surface area contributed by atoms with Gasteiger partial charge < -0.3 is 22.5 Å². The summed E-state index contributed by atoms with van der Waals surface area (Å²) in [5.74, 6) is 0.354. The molecule has 41 heavy (non-hydrogen) atoms. The number of unbranched alkanes of at least 4 members (excludes halogenated alkanes) is 5. The fourth-order valence-electron chi connectivity index (χ4n) is 4.30. The minimum Gasteiger partial charge on any atom is -0.388 e. The second kappa shape index (κ2) is 17.9. The number of amides is 1. The van der Waals surface area contributed by atoms with E-state index < -0.39 is 9.84 Å². The topological polar surface area (TPSA) is 195 Å². The average molecular weight is 585 g/mol. The predicted molar refractivity (Wildman–Crippen MR) is 164 cm³/mol. The molecule has 0 unspecified atom stereocenters. The molecule has 0 aliphatic carbocycles. The molecule has 2 aromatic carbocycles. The molecular formula is C30H44N6O4S. The number of aryl methyl sites for hydroxylation is 1. The lowest BCUT2D eigenvalue weighted by molar-refractivity contribution is -0.119. The first kappa shape index (κ1) is 33.5. The van der Waals surface area contributed by atoms with Crippen LogP contribution in [0.25, 0.3) is 0 Å². The zero-order valence-corrected chi connectivity index (χ0v) is 24.6.